The highest BCUT2D eigenvalue weighted by molar-refractivity contribution is 9.10. The van der Waals surface area contributed by atoms with Crippen molar-refractivity contribution in [2.24, 2.45) is 0 Å². The summed E-state index contributed by atoms with van der Waals surface area (Å²) in [4.78, 5) is 15.3. The first kappa shape index (κ1) is 14.3. The summed E-state index contributed by atoms with van der Waals surface area (Å²) < 4.78 is 0.740. The van der Waals surface area contributed by atoms with Gasteiger partial charge in [-0.2, -0.15) is 0 Å². The highest BCUT2D eigenvalue weighted by Gasteiger charge is 2.27. The van der Waals surface area contributed by atoms with Gasteiger partial charge in [-0.25, -0.2) is 0 Å². The SMILES string of the molecule is CCC1CN(c2ccc(Br)cc2[N+](=O)[O-])CCN1C. The molecule has 2 rings (SSSR count). The van der Waals surface area contributed by atoms with Gasteiger partial charge >= 0.3 is 0 Å². The lowest BCUT2D eigenvalue weighted by atomic mass is 10.1. The molecule has 1 heterocycles. The second-order valence-corrected chi connectivity index (χ2v) is 5.79. The van der Waals surface area contributed by atoms with Gasteiger partial charge in [0.1, 0.15) is 5.69 Å². The van der Waals surface area contributed by atoms with Crippen molar-refractivity contribution in [3.8, 4) is 0 Å². The first-order chi connectivity index (χ1) is 9.02. The molecule has 5 nitrogen and oxygen atoms in total. The number of rotatable bonds is 3. The van der Waals surface area contributed by atoms with Crippen molar-refractivity contribution >= 4 is 27.3 Å². The smallest absolute Gasteiger partial charge is 0.293 e. The molecule has 0 aromatic heterocycles. The first-order valence-corrected chi connectivity index (χ1v) is 7.21. The molecule has 1 aromatic carbocycles. The van der Waals surface area contributed by atoms with E-state index in [-0.39, 0.29) is 10.6 Å². The van der Waals surface area contributed by atoms with E-state index in [1.807, 2.05) is 12.1 Å². The van der Waals surface area contributed by atoms with E-state index in [1.165, 1.54) is 0 Å². The van der Waals surface area contributed by atoms with Crippen molar-refractivity contribution in [1.29, 1.82) is 0 Å². The van der Waals surface area contributed by atoms with E-state index in [0.29, 0.717) is 6.04 Å². The molecule has 19 heavy (non-hydrogen) atoms. The third-order valence-electron chi connectivity index (χ3n) is 3.72. The lowest BCUT2D eigenvalue weighted by Crippen LogP contribution is -2.51. The van der Waals surface area contributed by atoms with Crippen LogP contribution >= 0.6 is 15.9 Å². The molecule has 0 radical (unpaired) electrons. The molecule has 0 N–H and O–H groups in total. The van der Waals surface area contributed by atoms with E-state index in [9.17, 15) is 10.1 Å². The summed E-state index contributed by atoms with van der Waals surface area (Å²) in [5.41, 5.74) is 0.897. The van der Waals surface area contributed by atoms with Gasteiger partial charge < -0.3 is 4.90 Å². The number of halogens is 1. The Hall–Kier alpha value is -1.14. The molecule has 1 aliphatic rings. The predicted octanol–water partition coefficient (Wildman–Crippen LogP) is 2.89. The van der Waals surface area contributed by atoms with Crippen LogP contribution in [-0.4, -0.2) is 42.5 Å². The Balaban J connectivity index is 2.29. The van der Waals surface area contributed by atoms with E-state index >= 15 is 0 Å². The lowest BCUT2D eigenvalue weighted by molar-refractivity contribution is -0.384. The molecule has 0 bridgehead atoms. The van der Waals surface area contributed by atoms with E-state index in [2.05, 4.69) is 39.7 Å². The van der Waals surface area contributed by atoms with Gasteiger partial charge in [0.2, 0.25) is 0 Å². The maximum Gasteiger partial charge on any atom is 0.293 e. The summed E-state index contributed by atoms with van der Waals surface area (Å²) >= 11 is 3.29. The zero-order valence-electron chi connectivity index (χ0n) is 11.2. The number of benzene rings is 1. The molecule has 1 atom stereocenters. The van der Waals surface area contributed by atoms with Crippen molar-refractivity contribution in [2.75, 3.05) is 31.6 Å². The summed E-state index contributed by atoms with van der Waals surface area (Å²) in [6.45, 7) is 4.76. The normalized spacial score (nSPS) is 20.6. The van der Waals surface area contributed by atoms with E-state index in [1.54, 1.807) is 6.07 Å². The Morgan fingerprint density at radius 2 is 2.21 bits per heavy atom. The Bertz CT molecular complexity index is 481. The summed E-state index contributed by atoms with van der Waals surface area (Å²) in [7, 11) is 2.11. The third-order valence-corrected chi connectivity index (χ3v) is 4.22. The largest absolute Gasteiger partial charge is 0.363 e. The van der Waals surface area contributed by atoms with Crippen LogP contribution < -0.4 is 4.90 Å². The molecule has 0 saturated carbocycles. The van der Waals surface area contributed by atoms with E-state index < -0.39 is 0 Å². The number of likely N-dealkylation sites (N-methyl/N-ethyl adjacent to an activating group) is 1. The van der Waals surface area contributed by atoms with Gasteiger partial charge in [0, 0.05) is 36.2 Å². The van der Waals surface area contributed by atoms with Gasteiger partial charge in [-0.1, -0.05) is 22.9 Å². The predicted molar refractivity (Wildman–Crippen MR) is 79.7 cm³/mol. The van der Waals surface area contributed by atoms with Crippen LogP contribution in [0, 0.1) is 10.1 Å². The van der Waals surface area contributed by atoms with Crippen LogP contribution in [0.25, 0.3) is 0 Å². The number of piperazine rings is 1. The molecule has 1 fully saturated rings. The minimum atomic E-state index is -0.306. The topological polar surface area (TPSA) is 49.6 Å². The van der Waals surface area contributed by atoms with Gasteiger partial charge in [-0.05, 0) is 25.6 Å². The third kappa shape index (κ3) is 3.06. The van der Waals surface area contributed by atoms with E-state index in [0.717, 1.165) is 36.2 Å². The minimum absolute atomic E-state index is 0.175. The van der Waals surface area contributed by atoms with Crippen molar-refractivity contribution in [3.63, 3.8) is 0 Å². The Kier molecular flexibility index (Phi) is 4.42. The van der Waals surface area contributed by atoms with Gasteiger partial charge in [-0.3, -0.25) is 15.0 Å². The molecular formula is C13H18BrN3O2. The number of nitro groups is 1. The van der Waals surface area contributed by atoms with Crippen LogP contribution in [0.5, 0.6) is 0 Å². The molecule has 1 aromatic rings. The van der Waals surface area contributed by atoms with Crippen LogP contribution in [0.2, 0.25) is 0 Å². The first-order valence-electron chi connectivity index (χ1n) is 6.42. The van der Waals surface area contributed by atoms with Crippen LogP contribution in [0.3, 0.4) is 0 Å². The standard InChI is InChI=1S/C13H18BrN3O2/c1-3-11-9-16(7-6-15(11)2)12-5-4-10(14)8-13(12)17(18)19/h4-5,8,11H,3,6-7,9H2,1-2H3. The Morgan fingerprint density at radius 1 is 1.47 bits per heavy atom. The average Bonchev–Trinajstić information content (AvgIpc) is 2.39. The van der Waals surface area contributed by atoms with Gasteiger partial charge in [0.05, 0.1) is 4.92 Å². The summed E-state index contributed by atoms with van der Waals surface area (Å²) in [6, 6.07) is 5.73. The van der Waals surface area contributed by atoms with Crippen molar-refractivity contribution in [1.82, 2.24) is 4.90 Å². The second-order valence-electron chi connectivity index (χ2n) is 4.88. The number of nitrogens with zero attached hydrogens (tertiary/aromatic N) is 3. The number of hydrogen-bond donors (Lipinski definition) is 0. The highest BCUT2D eigenvalue weighted by Crippen LogP contribution is 2.32. The molecule has 0 spiro atoms. The molecular weight excluding hydrogens is 310 g/mol. The zero-order valence-corrected chi connectivity index (χ0v) is 12.8. The summed E-state index contributed by atoms with van der Waals surface area (Å²) in [6.07, 6.45) is 1.05. The van der Waals surface area contributed by atoms with Crippen molar-refractivity contribution in [3.05, 3.63) is 32.8 Å². The molecule has 1 saturated heterocycles. The fourth-order valence-electron chi connectivity index (χ4n) is 2.52. The molecule has 6 heteroatoms. The number of anilines is 1. The second kappa shape index (κ2) is 5.88. The van der Waals surface area contributed by atoms with Crippen LogP contribution in [0.15, 0.2) is 22.7 Å². The van der Waals surface area contributed by atoms with Crippen LogP contribution in [0.1, 0.15) is 13.3 Å². The van der Waals surface area contributed by atoms with Crippen molar-refractivity contribution in [2.45, 2.75) is 19.4 Å². The quantitative estimate of drug-likeness (QED) is 0.632. The van der Waals surface area contributed by atoms with Gasteiger partial charge in [-0.15, -0.1) is 0 Å². The number of hydrogen-bond acceptors (Lipinski definition) is 4. The molecule has 1 unspecified atom stereocenters. The molecule has 104 valence electrons. The molecule has 1 aliphatic heterocycles. The summed E-state index contributed by atoms with van der Waals surface area (Å²) in [5.74, 6) is 0. The lowest BCUT2D eigenvalue weighted by Gasteiger charge is -2.40. The molecule has 0 amide bonds. The monoisotopic (exact) mass is 327 g/mol. The highest BCUT2D eigenvalue weighted by atomic mass is 79.9. The zero-order chi connectivity index (χ0) is 14.0. The van der Waals surface area contributed by atoms with Crippen LogP contribution in [-0.2, 0) is 0 Å². The fourth-order valence-corrected chi connectivity index (χ4v) is 2.86. The van der Waals surface area contributed by atoms with Crippen LogP contribution in [0.4, 0.5) is 11.4 Å². The van der Waals surface area contributed by atoms with Gasteiger partial charge in [0.15, 0.2) is 0 Å². The Morgan fingerprint density at radius 3 is 2.84 bits per heavy atom. The average molecular weight is 328 g/mol. The summed E-state index contributed by atoms with van der Waals surface area (Å²) in [5, 5.41) is 11.2. The van der Waals surface area contributed by atoms with E-state index in [4.69, 9.17) is 0 Å². The number of nitro benzene ring substituents is 1. The molecule has 0 aliphatic carbocycles. The maximum atomic E-state index is 11.2. The fraction of sp³-hybridized carbons (Fsp3) is 0.538. The maximum absolute atomic E-state index is 11.2. The Labute approximate surface area is 121 Å². The minimum Gasteiger partial charge on any atom is -0.363 e. The van der Waals surface area contributed by atoms with Gasteiger partial charge in [0.25, 0.3) is 5.69 Å². The van der Waals surface area contributed by atoms with Crippen molar-refractivity contribution < 1.29 is 4.92 Å².